The topological polar surface area (TPSA) is 66.2 Å². The van der Waals surface area contributed by atoms with Gasteiger partial charge in [0.15, 0.2) is 11.2 Å². The van der Waals surface area contributed by atoms with Crippen LogP contribution in [0.5, 0.6) is 0 Å². The molecule has 0 amide bonds. The van der Waals surface area contributed by atoms with Gasteiger partial charge in [-0.2, -0.15) is 4.98 Å². The first-order chi connectivity index (χ1) is 13.5. The lowest BCUT2D eigenvalue weighted by atomic mass is 10.2. The van der Waals surface area contributed by atoms with Gasteiger partial charge in [-0.1, -0.05) is 43.7 Å². The quantitative estimate of drug-likeness (QED) is 0.535. The molecule has 0 radical (unpaired) electrons. The highest BCUT2D eigenvalue weighted by Crippen LogP contribution is 2.21. The number of benzene rings is 1. The number of unbranched alkanes of at least 4 members (excludes halogenated alkanes) is 1. The van der Waals surface area contributed by atoms with Crippen LogP contribution in [0.15, 0.2) is 39.9 Å². The van der Waals surface area contributed by atoms with E-state index < -0.39 is 0 Å². The predicted molar refractivity (Wildman–Crippen MR) is 110 cm³/mol. The van der Waals surface area contributed by atoms with Crippen molar-refractivity contribution in [3.8, 4) is 0 Å². The fourth-order valence-electron chi connectivity index (χ4n) is 3.80. The molecule has 0 atom stereocenters. The number of aryl methyl sites for hydroxylation is 3. The average molecular weight is 379 g/mol. The Morgan fingerprint density at radius 1 is 1.00 bits per heavy atom. The van der Waals surface area contributed by atoms with E-state index in [2.05, 4.69) is 18.4 Å². The molecule has 0 spiro atoms. The molecule has 0 aliphatic heterocycles. The largest absolute Gasteiger partial charge is 0.332 e. The molecule has 28 heavy (non-hydrogen) atoms. The molecule has 0 aliphatic carbocycles. The zero-order chi connectivity index (χ0) is 20.0. The summed E-state index contributed by atoms with van der Waals surface area (Å²) >= 11 is 0. The highest BCUT2D eigenvalue weighted by molar-refractivity contribution is 5.76. The normalized spacial score (nSPS) is 11.7. The van der Waals surface area contributed by atoms with Gasteiger partial charge >= 0.3 is 5.69 Å². The van der Waals surface area contributed by atoms with Crippen LogP contribution in [-0.2, 0) is 20.1 Å². The molecular weight excluding hydrogens is 354 g/mol. The maximum atomic E-state index is 13.3. The molecule has 0 saturated heterocycles. The fraction of sp³-hybridized carbons (Fsp3) is 0.381. The van der Waals surface area contributed by atoms with Crippen molar-refractivity contribution in [2.24, 2.45) is 7.05 Å². The van der Waals surface area contributed by atoms with E-state index in [1.165, 1.54) is 9.13 Å². The van der Waals surface area contributed by atoms with Crippen LogP contribution in [0.25, 0.3) is 16.9 Å². The number of rotatable bonds is 5. The second-order valence-corrected chi connectivity index (χ2v) is 7.31. The van der Waals surface area contributed by atoms with Gasteiger partial charge in [-0.05, 0) is 25.8 Å². The Morgan fingerprint density at radius 2 is 1.71 bits per heavy atom. The van der Waals surface area contributed by atoms with Crippen LogP contribution in [-0.4, -0.2) is 23.1 Å². The minimum absolute atomic E-state index is 0.240. The van der Waals surface area contributed by atoms with Crippen molar-refractivity contribution in [2.45, 2.75) is 46.7 Å². The highest BCUT2D eigenvalue weighted by Gasteiger charge is 2.22. The van der Waals surface area contributed by atoms with Gasteiger partial charge in [0.05, 0.1) is 6.54 Å². The molecule has 7 nitrogen and oxygen atoms in total. The minimum Gasteiger partial charge on any atom is -0.314 e. The summed E-state index contributed by atoms with van der Waals surface area (Å²) in [5, 5.41) is 0. The maximum Gasteiger partial charge on any atom is 0.332 e. The monoisotopic (exact) mass is 379 g/mol. The van der Waals surface area contributed by atoms with Crippen LogP contribution in [0, 0.1) is 13.8 Å². The van der Waals surface area contributed by atoms with E-state index in [0.717, 1.165) is 42.1 Å². The molecule has 0 N–H and O–H groups in total. The van der Waals surface area contributed by atoms with E-state index in [0.29, 0.717) is 11.2 Å². The van der Waals surface area contributed by atoms with Gasteiger partial charge in [-0.15, -0.1) is 0 Å². The van der Waals surface area contributed by atoms with Crippen LogP contribution in [0.3, 0.4) is 0 Å². The first kappa shape index (κ1) is 18.3. The lowest BCUT2D eigenvalue weighted by Crippen LogP contribution is -2.39. The Kier molecular flexibility index (Phi) is 4.45. The Bertz CT molecular complexity index is 1290. The van der Waals surface area contributed by atoms with Crippen molar-refractivity contribution in [1.29, 1.82) is 0 Å². The van der Waals surface area contributed by atoms with Gasteiger partial charge in [0.1, 0.15) is 0 Å². The number of hydrogen-bond acceptors (Lipinski definition) is 3. The first-order valence-electron chi connectivity index (χ1n) is 9.67. The van der Waals surface area contributed by atoms with Crippen LogP contribution < -0.4 is 11.2 Å². The van der Waals surface area contributed by atoms with Crippen LogP contribution in [0.4, 0.5) is 0 Å². The second kappa shape index (κ2) is 6.82. The Morgan fingerprint density at radius 3 is 2.39 bits per heavy atom. The van der Waals surface area contributed by atoms with Crippen LogP contribution in [0.1, 0.15) is 36.7 Å². The third-order valence-electron chi connectivity index (χ3n) is 5.55. The summed E-state index contributed by atoms with van der Waals surface area (Å²) in [6.07, 6.45) is 2.11. The van der Waals surface area contributed by atoms with Crippen LogP contribution >= 0.6 is 0 Å². The van der Waals surface area contributed by atoms with E-state index in [1.807, 2.05) is 41.7 Å². The van der Waals surface area contributed by atoms with Gasteiger partial charge in [0.25, 0.3) is 5.56 Å². The highest BCUT2D eigenvalue weighted by atomic mass is 16.2. The second-order valence-electron chi connectivity index (χ2n) is 7.31. The molecule has 0 unspecified atom stereocenters. The predicted octanol–water partition coefficient (Wildman–Crippen LogP) is 2.61. The van der Waals surface area contributed by atoms with Gasteiger partial charge in [0, 0.05) is 25.0 Å². The zero-order valence-electron chi connectivity index (χ0n) is 16.8. The van der Waals surface area contributed by atoms with E-state index in [9.17, 15) is 9.59 Å². The number of fused-ring (bicyclic) bond motifs is 3. The Labute approximate surface area is 162 Å². The number of nitrogens with zero attached hydrogens (tertiary/aromatic N) is 5. The summed E-state index contributed by atoms with van der Waals surface area (Å²) < 4.78 is 6.82. The molecule has 0 saturated carbocycles. The summed E-state index contributed by atoms with van der Waals surface area (Å²) in [6.45, 7) is 7.28. The standard InChI is InChI=1S/C21H25N5O2/c1-5-6-12-24-14(2)15(3)26-17-18(22-20(24)26)23(4)21(28)25(19(17)27)13-16-10-8-7-9-11-16/h7-11H,5-6,12-13H2,1-4H3. The summed E-state index contributed by atoms with van der Waals surface area (Å²) in [5.41, 5.74) is 3.24. The van der Waals surface area contributed by atoms with Crippen LogP contribution in [0.2, 0.25) is 0 Å². The molecule has 4 rings (SSSR count). The third-order valence-corrected chi connectivity index (χ3v) is 5.55. The lowest BCUT2D eigenvalue weighted by Gasteiger charge is -2.08. The minimum atomic E-state index is -0.350. The summed E-state index contributed by atoms with van der Waals surface area (Å²) in [4.78, 5) is 30.9. The molecule has 7 heteroatoms. The maximum absolute atomic E-state index is 13.3. The smallest absolute Gasteiger partial charge is 0.314 e. The summed E-state index contributed by atoms with van der Waals surface area (Å²) in [7, 11) is 1.68. The van der Waals surface area contributed by atoms with Crippen molar-refractivity contribution in [1.82, 2.24) is 23.1 Å². The molecule has 0 fully saturated rings. The molecule has 1 aromatic carbocycles. The molecule has 146 valence electrons. The molecule has 0 aliphatic rings. The van der Waals surface area contributed by atoms with E-state index in [4.69, 9.17) is 4.98 Å². The van der Waals surface area contributed by atoms with Crippen molar-refractivity contribution in [3.63, 3.8) is 0 Å². The Balaban J connectivity index is 2.03. The molecule has 4 aromatic rings. The molecular formula is C21H25N5O2. The number of aromatic nitrogens is 5. The SMILES string of the molecule is CCCCn1c(C)c(C)n2c3c(=O)n(Cc4ccccc4)c(=O)n(C)c3nc12. The number of hydrogen-bond donors (Lipinski definition) is 0. The summed E-state index contributed by atoms with van der Waals surface area (Å²) in [6, 6.07) is 9.56. The van der Waals surface area contributed by atoms with Crippen molar-refractivity contribution in [2.75, 3.05) is 0 Å². The molecule has 3 heterocycles. The van der Waals surface area contributed by atoms with Gasteiger partial charge in [-0.25, -0.2) is 4.79 Å². The first-order valence-corrected chi connectivity index (χ1v) is 9.67. The lowest BCUT2D eigenvalue weighted by molar-refractivity contribution is 0.630. The summed E-state index contributed by atoms with van der Waals surface area (Å²) in [5.74, 6) is 0.725. The van der Waals surface area contributed by atoms with Crippen molar-refractivity contribution < 1.29 is 0 Å². The zero-order valence-corrected chi connectivity index (χ0v) is 16.8. The third kappa shape index (κ3) is 2.61. The average Bonchev–Trinajstić information content (AvgIpc) is 3.19. The molecule has 0 bridgehead atoms. The fourth-order valence-corrected chi connectivity index (χ4v) is 3.80. The Hall–Kier alpha value is -3.09. The van der Waals surface area contributed by atoms with Gasteiger partial charge < -0.3 is 4.57 Å². The van der Waals surface area contributed by atoms with E-state index in [-0.39, 0.29) is 17.8 Å². The van der Waals surface area contributed by atoms with Crippen molar-refractivity contribution >= 4 is 16.9 Å². The van der Waals surface area contributed by atoms with E-state index in [1.54, 1.807) is 7.05 Å². The number of imidazole rings is 2. The van der Waals surface area contributed by atoms with Gasteiger partial charge in [0.2, 0.25) is 5.78 Å². The molecule has 3 aromatic heterocycles. The van der Waals surface area contributed by atoms with Gasteiger partial charge in [-0.3, -0.25) is 18.3 Å². The van der Waals surface area contributed by atoms with Crippen molar-refractivity contribution in [3.05, 3.63) is 68.1 Å². The van der Waals surface area contributed by atoms with E-state index >= 15 is 0 Å².